The second-order valence-corrected chi connectivity index (χ2v) is 6.12. The highest BCUT2D eigenvalue weighted by atomic mass is 79.9. The van der Waals surface area contributed by atoms with Crippen LogP contribution in [-0.4, -0.2) is 6.61 Å². The highest BCUT2D eigenvalue weighted by Crippen LogP contribution is 2.36. The quantitative estimate of drug-likeness (QED) is 0.821. The van der Waals surface area contributed by atoms with Crippen molar-refractivity contribution < 1.29 is 4.74 Å². The van der Waals surface area contributed by atoms with Crippen molar-refractivity contribution in [3.63, 3.8) is 0 Å². The molecule has 92 valence electrons. The Kier molecular flexibility index (Phi) is 4.84. The van der Waals surface area contributed by atoms with Crippen LogP contribution in [0.4, 0.5) is 5.69 Å². The highest BCUT2D eigenvalue weighted by molar-refractivity contribution is 9.11. The Morgan fingerprint density at radius 1 is 1.35 bits per heavy atom. The van der Waals surface area contributed by atoms with E-state index < -0.39 is 0 Å². The van der Waals surface area contributed by atoms with Crippen LogP contribution in [0.2, 0.25) is 0 Å². The summed E-state index contributed by atoms with van der Waals surface area (Å²) in [5.41, 5.74) is 5.98. The summed E-state index contributed by atoms with van der Waals surface area (Å²) < 4.78 is 7.27. The van der Waals surface area contributed by atoms with E-state index in [1.807, 2.05) is 13.8 Å². The summed E-state index contributed by atoms with van der Waals surface area (Å²) in [6.45, 7) is 4.27. The minimum absolute atomic E-state index is 0.368. The Morgan fingerprint density at radius 2 is 1.88 bits per heavy atom. The van der Waals surface area contributed by atoms with E-state index in [0.29, 0.717) is 24.5 Å². The van der Waals surface area contributed by atoms with Crippen LogP contribution in [0.1, 0.15) is 20.3 Å². The van der Waals surface area contributed by atoms with Gasteiger partial charge in [0.25, 0.3) is 0 Å². The molecule has 0 radical (unpaired) electrons. The Morgan fingerprint density at radius 3 is 2.35 bits per heavy atom. The molecule has 17 heavy (non-hydrogen) atoms. The van der Waals surface area contributed by atoms with Crippen molar-refractivity contribution in [2.45, 2.75) is 20.3 Å². The molecule has 0 heterocycles. The van der Waals surface area contributed by atoms with Crippen LogP contribution in [0.5, 0.6) is 5.75 Å². The second-order valence-electron chi connectivity index (χ2n) is 4.41. The number of halogens is 2. The van der Waals surface area contributed by atoms with Gasteiger partial charge >= 0.3 is 0 Å². The number of hydrogen-bond donors (Lipinski definition) is 1. The molecule has 0 bridgehead atoms. The Hall–Kier alpha value is -0.730. The molecule has 0 atom stereocenters. The standard InChI is InChI=1S/C12H14Br2N2O/c1-12(2,7-15)3-4-17-11-9(13)5-8(16)6-10(11)14/h5-6H,3-4,16H2,1-2H3. The van der Waals surface area contributed by atoms with Crippen LogP contribution in [0, 0.1) is 16.7 Å². The molecular formula is C12H14Br2N2O. The molecule has 0 fully saturated rings. The molecule has 0 aliphatic carbocycles. The second kappa shape index (κ2) is 5.74. The summed E-state index contributed by atoms with van der Waals surface area (Å²) in [7, 11) is 0. The molecule has 3 nitrogen and oxygen atoms in total. The lowest BCUT2D eigenvalue weighted by Crippen LogP contribution is -2.13. The minimum atomic E-state index is -0.368. The van der Waals surface area contributed by atoms with Gasteiger partial charge in [-0.2, -0.15) is 5.26 Å². The van der Waals surface area contributed by atoms with E-state index in [1.165, 1.54) is 0 Å². The number of ether oxygens (including phenoxy) is 1. The van der Waals surface area contributed by atoms with E-state index in [9.17, 15) is 0 Å². The van der Waals surface area contributed by atoms with Gasteiger partial charge in [0.05, 0.1) is 27.0 Å². The SMILES string of the molecule is CC(C)(C#N)CCOc1c(Br)cc(N)cc1Br. The monoisotopic (exact) mass is 360 g/mol. The molecule has 0 aliphatic rings. The summed E-state index contributed by atoms with van der Waals surface area (Å²) in [5.74, 6) is 0.716. The van der Waals surface area contributed by atoms with Crippen LogP contribution in [0.3, 0.4) is 0 Å². The molecule has 0 saturated carbocycles. The number of nitrogens with two attached hydrogens (primary N) is 1. The molecule has 2 N–H and O–H groups in total. The van der Waals surface area contributed by atoms with E-state index in [-0.39, 0.29) is 5.41 Å². The first-order chi connectivity index (χ1) is 7.85. The van der Waals surface area contributed by atoms with E-state index in [1.54, 1.807) is 12.1 Å². The molecule has 0 amide bonds. The zero-order chi connectivity index (χ0) is 13.1. The van der Waals surface area contributed by atoms with Crippen molar-refractivity contribution in [2.75, 3.05) is 12.3 Å². The summed E-state index contributed by atoms with van der Waals surface area (Å²) >= 11 is 6.79. The maximum atomic E-state index is 8.90. The zero-order valence-corrected chi connectivity index (χ0v) is 12.9. The summed E-state index contributed by atoms with van der Waals surface area (Å²) in [5, 5.41) is 8.90. The average molecular weight is 362 g/mol. The molecule has 0 unspecified atom stereocenters. The van der Waals surface area contributed by atoms with E-state index in [2.05, 4.69) is 37.9 Å². The fourth-order valence-corrected chi connectivity index (χ4v) is 2.63. The number of benzene rings is 1. The first kappa shape index (κ1) is 14.3. The molecule has 0 aromatic heterocycles. The largest absolute Gasteiger partial charge is 0.491 e. The Labute approximate surface area is 118 Å². The van der Waals surface area contributed by atoms with Crippen LogP contribution in [0.25, 0.3) is 0 Å². The smallest absolute Gasteiger partial charge is 0.147 e. The molecule has 0 saturated heterocycles. The predicted molar refractivity (Wildman–Crippen MR) is 75.8 cm³/mol. The third kappa shape index (κ3) is 4.21. The third-order valence-electron chi connectivity index (χ3n) is 2.30. The highest BCUT2D eigenvalue weighted by Gasteiger charge is 2.17. The van der Waals surface area contributed by atoms with Crippen molar-refractivity contribution in [1.29, 1.82) is 5.26 Å². The molecule has 5 heteroatoms. The van der Waals surface area contributed by atoms with Gasteiger partial charge in [-0.05, 0) is 64.3 Å². The lowest BCUT2D eigenvalue weighted by molar-refractivity contribution is 0.262. The topological polar surface area (TPSA) is 59.0 Å². The minimum Gasteiger partial charge on any atom is -0.491 e. The number of anilines is 1. The molecule has 0 aliphatic heterocycles. The van der Waals surface area contributed by atoms with Gasteiger partial charge in [0.1, 0.15) is 5.75 Å². The van der Waals surface area contributed by atoms with Gasteiger partial charge < -0.3 is 10.5 Å². The van der Waals surface area contributed by atoms with Gasteiger partial charge in [-0.1, -0.05) is 0 Å². The van der Waals surface area contributed by atoms with Gasteiger partial charge in [-0.25, -0.2) is 0 Å². The van der Waals surface area contributed by atoms with Gasteiger partial charge in [-0.15, -0.1) is 0 Å². The van der Waals surface area contributed by atoms with Crippen molar-refractivity contribution in [3.05, 3.63) is 21.1 Å². The van der Waals surface area contributed by atoms with Crippen molar-refractivity contribution in [2.24, 2.45) is 5.41 Å². The normalized spacial score (nSPS) is 11.0. The van der Waals surface area contributed by atoms with Gasteiger partial charge in [-0.3, -0.25) is 0 Å². The molecule has 1 aromatic rings. The first-order valence-electron chi connectivity index (χ1n) is 5.14. The number of nitriles is 1. The summed E-state index contributed by atoms with van der Waals surface area (Å²) in [6, 6.07) is 5.82. The summed E-state index contributed by atoms with van der Waals surface area (Å²) in [6.07, 6.45) is 0.673. The van der Waals surface area contributed by atoms with Crippen molar-refractivity contribution in [1.82, 2.24) is 0 Å². The van der Waals surface area contributed by atoms with Crippen LogP contribution < -0.4 is 10.5 Å². The zero-order valence-electron chi connectivity index (χ0n) is 9.76. The van der Waals surface area contributed by atoms with Gasteiger partial charge in [0.15, 0.2) is 0 Å². The fourth-order valence-electron chi connectivity index (χ4n) is 1.18. The van der Waals surface area contributed by atoms with Crippen molar-refractivity contribution >= 4 is 37.5 Å². The van der Waals surface area contributed by atoms with Crippen molar-refractivity contribution in [3.8, 4) is 11.8 Å². The Balaban J connectivity index is 2.68. The number of hydrogen-bond acceptors (Lipinski definition) is 3. The summed E-state index contributed by atoms with van der Waals surface area (Å²) in [4.78, 5) is 0. The maximum absolute atomic E-state index is 8.90. The lowest BCUT2D eigenvalue weighted by atomic mass is 9.92. The van der Waals surface area contributed by atoms with E-state index in [4.69, 9.17) is 15.7 Å². The third-order valence-corrected chi connectivity index (χ3v) is 3.47. The fraction of sp³-hybridized carbons (Fsp3) is 0.417. The predicted octanol–water partition coefficient (Wildman–Crippen LogP) is 4.11. The van der Waals surface area contributed by atoms with Gasteiger partial charge in [0, 0.05) is 5.69 Å². The van der Waals surface area contributed by atoms with E-state index in [0.717, 1.165) is 8.95 Å². The van der Waals surface area contributed by atoms with Gasteiger partial charge in [0.2, 0.25) is 0 Å². The molecule has 1 aromatic carbocycles. The van der Waals surface area contributed by atoms with E-state index >= 15 is 0 Å². The van der Waals surface area contributed by atoms with Crippen LogP contribution in [-0.2, 0) is 0 Å². The lowest BCUT2D eigenvalue weighted by Gasteiger charge is -2.16. The molecule has 0 spiro atoms. The first-order valence-corrected chi connectivity index (χ1v) is 6.73. The molecular weight excluding hydrogens is 348 g/mol. The number of nitrogen functional groups attached to an aromatic ring is 1. The number of rotatable bonds is 4. The Bertz CT molecular complexity index is 429. The van der Waals surface area contributed by atoms with Crippen LogP contribution in [0.15, 0.2) is 21.1 Å². The molecule has 1 rings (SSSR count). The number of nitrogens with zero attached hydrogens (tertiary/aromatic N) is 1. The maximum Gasteiger partial charge on any atom is 0.147 e. The van der Waals surface area contributed by atoms with Crippen LogP contribution >= 0.6 is 31.9 Å². The average Bonchev–Trinajstić information content (AvgIpc) is 2.22.